The van der Waals surface area contributed by atoms with E-state index in [0.717, 1.165) is 40.2 Å². The first kappa shape index (κ1) is 19.7. The zero-order chi connectivity index (χ0) is 22.4. The Labute approximate surface area is 191 Å². The van der Waals surface area contributed by atoms with E-state index in [1.807, 2.05) is 54.3 Å². The summed E-state index contributed by atoms with van der Waals surface area (Å²) in [6.07, 6.45) is 3.05. The molecule has 1 amide bonds. The Balaban J connectivity index is 1.34. The number of aryl methyl sites for hydroxylation is 2. The smallest absolute Gasteiger partial charge is 0.225 e. The van der Waals surface area contributed by atoms with Crippen LogP contribution in [0.3, 0.4) is 0 Å². The van der Waals surface area contributed by atoms with Gasteiger partial charge in [0.25, 0.3) is 0 Å². The van der Waals surface area contributed by atoms with E-state index < -0.39 is 0 Å². The Morgan fingerprint density at radius 1 is 1.06 bits per heavy atom. The van der Waals surface area contributed by atoms with Gasteiger partial charge in [-0.1, -0.05) is 36.4 Å². The molecule has 0 saturated heterocycles. The van der Waals surface area contributed by atoms with Crippen LogP contribution in [0.4, 0.5) is 0 Å². The second kappa shape index (κ2) is 7.89. The lowest BCUT2D eigenvalue weighted by Gasteiger charge is -2.35. The number of hydrogen-bond acceptors (Lipinski definition) is 3. The second-order valence-electron chi connectivity index (χ2n) is 8.61. The number of H-pyrrole nitrogens is 1. The molecule has 0 radical (unpaired) electrons. The third kappa shape index (κ3) is 3.30. The van der Waals surface area contributed by atoms with E-state index in [4.69, 9.17) is 0 Å². The molecule has 5 aromatic rings. The standard InChI is InChI=1S/C27H25N5O/c1-18-29-22-10-4-5-12-24(22)31(18)17-14-25(33)32-16-13-20-19-8-2-3-9-21(19)30-26(20)27(32)23-11-6-7-15-28-23/h2-12,15,27,30H,13-14,16-17H2,1H3/t27-/m1/s1. The number of para-hydroxylation sites is 3. The van der Waals surface area contributed by atoms with Crippen molar-refractivity contribution in [3.8, 4) is 0 Å². The van der Waals surface area contributed by atoms with Crippen molar-refractivity contribution in [2.24, 2.45) is 0 Å². The minimum absolute atomic E-state index is 0.132. The molecule has 2 aromatic carbocycles. The van der Waals surface area contributed by atoms with Gasteiger partial charge in [0.2, 0.25) is 5.91 Å². The topological polar surface area (TPSA) is 66.8 Å². The molecule has 164 valence electrons. The third-order valence-corrected chi connectivity index (χ3v) is 6.72. The van der Waals surface area contributed by atoms with E-state index in [0.29, 0.717) is 19.5 Å². The van der Waals surface area contributed by atoms with Crippen molar-refractivity contribution in [1.29, 1.82) is 0 Å². The van der Waals surface area contributed by atoms with Gasteiger partial charge in [0.1, 0.15) is 11.9 Å². The number of rotatable bonds is 4. The van der Waals surface area contributed by atoms with Gasteiger partial charge in [-0.3, -0.25) is 9.78 Å². The van der Waals surface area contributed by atoms with Crippen LogP contribution in [0.2, 0.25) is 0 Å². The normalized spacial score (nSPS) is 15.8. The number of aromatic nitrogens is 4. The fraction of sp³-hybridized carbons (Fsp3) is 0.222. The molecule has 0 fully saturated rings. The number of nitrogens with zero attached hydrogens (tertiary/aromatic N) is 4. The number of carbonyl (C=O) groups is 1. The monoisotopic (exact) mass is 435 g/mol. The summed E-state index contributed by atoms with van der Waals surface area (Å²) in [5.74, 6) is 1.06. The molecular formula is C27H25N5O. The van der Waals surface area contributed by atoms with Crippen LogP contribution >= 0.6 is 0 Å². The van der Waals surface area contributed by atoms with Crippen LogP contribution in [0, 0.1) is 6.92 Å². The number of benzene rings is 2. The summed E-state index contributed by atoms with van der Waals surface area (Å²) in [5.41, 5.74) is 6.41. The van der Waals surface area contributed by atoms with Crippen LogP contribution in [-0.2, 0) is 17.8 Å². The maximum Gasteiger partial charge on any atom is 0.225 e. The summed E-state index contributed by atoms with van der Waals surface area (Å²) in [5, 5.41) is 1.24. The summed E-state index contributed by atoms with van der Waals surface area (Å²) in [6, 6.07) is 22.2. The number of pyridine rings is 1. The quantitative estimate of drug-likeness (QED) is 0.442. The Bertz CT molecular complexity index is 1470. The second-order valence-corrected chi connectivity index (χ2v) is 8.61. The summed E-state index contributed by atoms with van der Waals surface area (Å²) in [4.78, 5) is 28.5. The molecule has 6 rings (SSSR count). The summed E-state index contributed by atoms with van der Waals surface area (Å²) >= 11 is 0. The lowest BCUT2D eigenvalue weighted by atomic mass is 9.94. The lowest BCUT2D eigenvalue weighted by Crippen LogP contribution is -2.41. The van der Waals surface area contributed by atoms with Crippen molar-refractivity contribution in [3.63, 3.8) is 0 Å². The lowest BCUT2D eigenvalue weighted by molar-refractivity contribution is -0.133. The van der Waals surface area contributed by atoms with Crippen LogP contribution in [0.15, 0.2) is 72.9 Å². The highest BCUT2D eigenvalue weighted by Crippen LogP contribution is 2.38. The van der Waals surface area contributed by atoms with Crippen molar-refractivity contribution < 1.29 is 4.79 Å². The highest BCUT2D eigenvalue weighted by Gasteiger charge is 2.35. The summed E-state index contributed by atoms with van der Waals surface area (Å²) < 4.78 is 2.14. The molecule has 0 saturated carbocycles. The molecule has 4 heterocycles. The van der Waals surface area contributed by atoms with Crippen molar-refractivity contribution in [3.05, 3.63) is 95.7 Å². The van der Waals surface area contributed by atoms with E-state index >= 15 is 0 Å². The molecule has 3 aromatic heterocycles. The molecule has 1 atom stereocenters. The predicted octanol–water partition coefficient (Wildman–Crippen LogP) is 4.79. The minimum Gasteiger partial charge on any atom is -0.356 e. The van der Waals surface area contributed by atoms with Gasteiger partial charge in [0.15, 0.2) is 0 Å². The number of nitrogens with one attached hydrogen (secondary N) is 1. The molecule has 33 heavy (non-hydrogen) atoms. The van der Waals surface area contributed by atoms with E-state index in [-0.39, 0.29) is 11.9 Å². The molecule has 6 heteroatoms. The number of imidazole rings is 1. The van der Waals surface area contributed by atoms with Gasteiger partial charge >= 0.3 is 0 Å². The number of aromatic amines is 1. The Kier molecular flexibility index (Phi) is 4.72. The molecule has 6 nitrogen and oxygen atoms in total. The zero-order valence-electron chi connectivity index (χ0n) is 18.5. The van der Waals surface area contributed by atoms with Crippen LogP contribution < -0.4 is 0 Å². The molecule has 0 unspecified atom stereocenters. The number of fused-ring (bicyclic) bond motifs is 4. The van der Waals surface area contributed by atoms with Crippen LogP contribution in [-0.4, -0.2) is 36.9 Å². The van der Waals surface area contributed by atoms with Crippen LogP contribution in [0.5, 0.6) is 0 Å². The van der Waals surface area contributed by atoms with Gasteiger partial charge in [-0.2, -0.15) is 0 Å². The number of amides is 1. The molecular weight excluding hydrogens is 410 g/mol. The SMILES string of the molecule is Cc1nc2ccccc2n1CCC(=O)N1CCc2c([nH]c3ccccc23)[C@H]1c1ccccn1. The first-order valence-corrected chi connectivity index (χ1v) is 11.4. The van der Waals surface area contributed by atoms with Gasteiger partial charge in [0, 0.05) is 42.3 Å². The Morgan fingerprint density at radius 3 is 2.76 bits per heavy atom. The average molecular weight is 436 g/mol. The van der Waals surface area contributed by atoms with Gasteiger partial charge in [-0.15, -0.1) is 0 Å². The van der Waals surface area contributed by atoms with E-state index in [1.165, 1.54) is 10.9 Å². The third-order valence-electron chi connectivity index (χ3n) is 6.72. The van der Waals surface area contributed by atoms with Gasteiger partial charge in [-0.05, 0) is 49.2 Å². The average Bonchev–Trinajstić information content (AvgIpc) is 3.39. The number of carbonyl (C=O) groups excluding carboxylic acids is 1. The highest BCUT2D eigenvalue weighted by molar-refractivity contribution is 5.86. The fourth-order valence-corrected chi connectivity index (χ4v) is 5.18. The molecule has 1 aliphatic heterocycles. The Morgan fingerprint density at radius 2 is 1.88 bits per heavy atom. The van der Waals surface area contributed by atoms with Crippen LogP contribution in [0.25, 0.3) is 21.9 Å². The zero-order valence-corrected chi connectivity index (χ0v) is 18.5. The van der Waals surface area contributed by atoms with E-state index in [9.17, 15) is 4.79 Å². The largest absolute Gasteiger partial charge is 0.356 e. The molecule has 0 spiro atoms. The Hall–Kier alpha value is -3.93. The van der Waals surface area contributed by atoms with Gasteiger partial charge in [-0.25, -0.2) is 4.98 Å². The maximum absolute atomic E-state index is 13.6. The molecule has 1 aliphatic rings. The highest BCUT2D eigenvalue weighted by atomic mass is 16.2. The van der Waals surface area contributed by atoms with Crippen molar-refractivity contribution in [1.82, 2.24) is 24.4 Å². The van der Waals surface area contributed by atoms with E-state index in [1.54, 1.807) is 6.20 Å². The molecule has 1 N–H and O–H groups in total. The first-order chi connectivity index (χ1) is 16.2. The maximum atomic E-state index is 13.6. The van der Waals surface area contributed by atoms with Crippen molar-refractivity contribution in [2.45, 2.75) is 32.4 Å². The number of hydrogen-bond donors (Lipinski definition) is 1. The predicted molar refractivity (Wildman–Crippen MR) is 129 cm³/mol. The van der Waals surface area contributed by atoms with Gasteiger partial charge in [0.05, 0.1) is 16.7 Å². The van der Waals surface area contributed by atoms with Crippen molar-refractivity contribution in [2.75, 3.05) is 6.54 Å². The minimum atomic E-state index is -0.213. The van der Waals surface area contributed by atoms with Crippen LogP contribution in [0.1, 0.15) is 35.2 Å². The van der Waals surface area contributed by atoms with Crippen molar-refractivity contribution >= 4 is 27.8 Å². The van der Waals surface area contributed by atoms with E-state index in [2.05, 4.69) is 43.8 Å². The summed E-state index contributed by atoms with van der Waals surface area (Å²) in [6.45, 7) is 3.29. The fourth-order valence-electron chi connectivity index (χ4n) is 5.18. The molecule has 0 aliphatic carbocycles. The first-order valence-electron chi connectivity index (χ1n) is 11.4. The van der Waals surface area contributed by atoms with Gasteiger partial charge < -0.3 is 14.5 Å². The molecule has 0 bridgehead atoms. The summed E-state index contributed by atoms with van der Waals surface area (Å²) in [7, 11) is 0.